The summed E-state index contributed by atoms with van der Waals surface area (Å²) in [5.41, 5.74) is 3.08. The van der Waals surface area contributed by atoms with E-state index in [0.29, 0.717) is 0 Å². The summed E-state index contributed by atoms with van der Waals surface area (Å²) in [6.07, 6.45) is 1.25. The Morgan fingerprint density at radius 3 is 2.42 bits per heavy atom. The van der Waals surface area contributed by atoms with E-state index in [1.807, 2.05) is 0 Å². The van der Waals surface area contributed by atoms with Gasteiger partial charge in [0.15, 0.2) is 0 Å². The highest BCUT2D eigenvalue weighted by Crippen LogP contribution is 2.38. The van der Waals surface area contributed by atoms with Gasteiger partial charge in [0, 0.05) is 12.0 Å². The predicted octanol–water partition coefficient (Wildman–Crippen LogP) is 1.99. The Labute approximate surface area is 74.2 Å². The van der Waals surface area contributed by atoms with E-state index in [0.717, 1.165) is 10.5 Å². The predicted molar refractivity (Wildman–Crippen MR) is 50.9 cm³/mol. The minimum absolute atomic E-state index is 0.723. The lowest BCUT2D eigenvalue weighted by atomic mass is 9.82. The van der Waals surface area contributed by atoms with E-state index in [4.69, 9.17) is 0 Å². The summed E-state index contributed by atoms with van der Waals surface area (Å²) < 4.78 is 1.05. The Hall–Kier alpha value is -0.820. The molecule has 1 nitrogen and oxygen atoms in total. The Balaban J connectivity index is 2.31. The van der Waals surface area contributed by atoms with E-state index in [2.05, 4.69) is 45.4 Å². The van der Waals surface area contributed by atoms with Gasteiger partial charge in [0.1, 0.15) is 6.04 Å². The smallest absolute Gasteiger partial charge is 0.118 e. The van der Waals surface area contributed by atoms with Crippen molar-refractivity contribution in [2.75, 3.05) is 21.1 Å². The molecule has 1 atom stereocenters. The minimum atomic E-state index is 0.723. The monoisotopic (exact) mass is 162 g/mol. The fourth-order valence-electron chi connectivity index (χ4n) is 1.92. The molecule has 0 bridgehead atoms. The van der Waals surface area contributed by atoms with Crippen molar-refractivity contribution in [3.05, 3.63) is 35.4 Å². The lowest BCUT2D eigenvalue weighted by molar-refractivity contribution is -0.904. The molecule has 0 aromatic heterocycles. The molecule has 0 radical (unpaired) electrons. The molecule has 12 heavy (non-hydrogen) atoms. The lowest BCUT2D eigenvalue weighted by Crippen LogP contribution is -2.44. The van der Waals surface area contributed by atoms with E-state index in [1.165, 1.54) is 12.0 Å². The van der Waals surface area contributed by atoms with E-state index < -0.39 is 0 Å². The summed E-state index contributed by atoms with van der Waals surface area (Å²) in [6, 6.07) is 9.49. The number of fused-ring (bicyclic) bond motifs is 1. The van der Waals surface area contributed by atoms with E-state index in [1.54, 1.807) is 5.56 Å². The molecule has 1 heteroatoms. The highest BCUT2D eigenvalue weighted by molar-refractivity contribution is 5.37. The second-order valence-corrected chi connectivity index (χ2v) is 4.53. The van der Waals surface area contributed by atoms with Gasteiger partial charge in [-0.1, -0.05) is 24.3 Å². The van der Waals surface area contributed by atoms with Crippen molar-refractivity contribution in [1.82, 2.24) is 0 Å². The normalized spacial score (nSPS) is 21.4. The molecule has 0 amide bonds. The molecule has 0 aliphatic heterocycles. The van der Waals surface area contributed by atoms with Crippen molar-refractivity contribution in [2.24, 2.45) is 0 Å². The van der Waals surface area contributed by atoms with E-state index in [9.17, 15) is 0 Å². The van der Waals surface area contributed by atoms with Crippen LogP contribution in [-0.2, 0) is 6.42 Å². The van der Waals surface area contributed by atoms with E-state index in [-0.39, 0.29) is 0 Å². The van der Waals surface area contributed by atoms with Crippen molar-refractivity contribution in [3.8, 4) is 0 Å². The van der Waals surface area contributed by atoms with Crippen LogP contribution in [-0.4, -0.2) is 25.6 Å². The molecule has 1 aromatic carbocycles. The Kier molecular flexibility index (Phi) is 1.52. The summed E-state index contributed by atoms with van der Waals surface area (Å²) in [5, 5.41) is 0. The first-order valence-corrected chi connectivity index (χ1v) is 4.48. The van der Waals surface area contributed by atoms with Crippen LogP contribution in [0.4, 0.5) is 0 Å². The van der Waals surface area contributed by atoms with Gasteiger partial charge in [-0.15, -0.1) is 0 Å². The maximum atomic E-state index is 2.26. The van der Waals surface area contributed by atoms with Crippen molar-refractivity contribution in [2.45, 2.75) is 12.5 Å². The first kappa shape index (κ1) is 7.81. The third-order valence-electron chi connectivity index (χ3n) is 2.76. The molecular weight excluding hydrogens is 146 g/mol. The molecule has 0 heterocycles. The van der Waals surface area contributed by atoms with Gasteiger partial charge in [0.25, 0.3) is 0 Å². The highest BCUT2D eigenvalue weighted by Gasteiger charge is 2.35. The van der Waals surface area contributed by atoms with Gasteiger partial charge < -0.3 is 4.48 Å². The number of likely N-dealkylation sites (N-methyl/N-ethyl adjacent to an activating group) is 1. The maximum absolute atomic E-state index is 2.26. The van der Waals surface area contributed by atoms with Crippen LogP contribution in [0, 0.1) is 0 Å². The van der Waals surface area contributed by atoms with Crippen LogP contribution in [0.5, 0.6) is 0 Å². The molecule has 0 spiro atoms. The van der Waals surface area contributed by atoms with Gasteiger partial charge in [-0.2, -0.15) is 0 Å². The molecule has 1 aliphatic carbocycles. The number of hydrogen-bond donors (Lipinski definition) is 0. The van der Waals surface area contributed by atoms with Gasteiger partial charge in [-0.3, -0.25) is 0 Å². The summed E-state index contributed by atoms with van der Waals surface area (Å²) in [4.78, 5) is 0. The van der Waals surface area contributed by atoms with Crippen LogP contribution in [0.2, 0.25) is 0 Å². The number of rotatable bonds is 1. The minimum Gasteiger partial charge on any atom is -0.324 e. The van der Waals surface area contributed by atoms with Crippen LogP contribution >= 0.6 is 0 Å². The first-order valence-electron chi connectivity index (χ1n) is 4.48. The number of benzene rings is 1. The van der Waals surface area contributed by atoms with E-state index >= 15 is 0 Å². The van der Waals surface area contributed by atoms with Crippen LogP contribution in [0.15, 0.2) is 24.3 Å². The Morgan fingerprint density at radius 1 is 1.17 bits per heavy atom. The SMILES string of the molecule is C[N+](C)(C)C1Cc2ccccc21. The molecule has 1 aromatic rings. The number of hydrogen-bond acceptors (Lipinski definition) is 0. The summed E-state index contributed by atoms with van der Waals surface area (Å²) in [6.45, 7) is 0. The molecule has 0 N–H and O–H groups in total. The molecule has 0 fully saturated rings. The first-order chi connectivity index (χ1) is 5.59. The fraction of sp³-hybridized carbons (Fsp3) is 0.455. The summed E-state index contributed by atoms with van der Waals surface area (Å²) >= 11 is 0. The summed E-state index contributed by atoms with van der Waals surface area (Å²) in [7, 11) is 6.79. The average Bonchev–Trinajstić information content (AvgIpc) is 1.88. The van der Waals surface area contributed by atoms with Crippen LogP contribution < -0.4 is 0 Å². The van der Waals surface area contributed by atoms with Gasteiger partial charge in [-0.05, 0) is 5.56 Å². The van der Waals surface area contributed by atoms with Gasteiger partial charge >= 0.3 is 0 Å². The lowest BCUT2D eigenvalue weighted by Gasteiger charge is -2.41. The zero-order valence-corrected chi connectivity index (χ0v) is 8.04. The number of quaternary nitrogens is 1. The molecule has 2 rings (SSSR count). The van der Waals surface area contributed by atoms with Gasteiger partial charge in [0.05, 0.1) is 21.1 Å². The van der Waals surface area contributed by atoms with Gasteiger partial charge in [0.2, 0.25) is 0 Å². The Bertz CT molecular complexity index is 296. The number of nitrogens with zero attached hydrogens (tertiary/aromatic N) is 1. The standard InChI is InChI=1S/C11H16N/c1-12(2,3)11-8-9-6-4-5-7-10(9)11/h4-7,11H,8H2,1-3H3/q+1. The maximum Gasteiger partial charge on any atom is 0.118 e. The molecule has 64 valence electrons. The van der Waals surface area contributed by atoms with Crippen molar-refractivity contribution < 1.29 is 4.48 Å². The Morgan fingerprint density at radius 2 is 1.83 bits per heavy atom. The fourth-order valence-corrected chi connectivity index (χ4v) is 1.92. The molecule has 1 unspecified atom stereocenters. The molecule has 0 saturated heterocycles. The third-order valence-corrected chi connectivity index (χ3v) is 2.76. The zero-order valence-electron chi connectivity index (χ0n) is 8.04. The van der Waals surface area contributed by atoms with Crippen LogP contribution in [0.3, 0.4) is 0 Å². The average molecular weight is 162 g/mol. The third kappa shape index (κ3) is 1.05. The molecular formula is C11H16N+. The van der Waals surface area contributed by atoms with Crippen molar-refractivity contribution in [3.63, 3.8) is 0 Å². The quantitative estimate of drug-likeness (QED) is 0.554. The van der Waals surface area contributed by atoms with Crippen molar-refractivity contribution in [1.29, 1.82) is 0 Å². The topological polar surface area (TPSA) is 0 Å². The largest absolute Gasteiger partial charge is 0.324 e. The second-order valence-electron chi connectivity index (χ2n) is 4.53. The summed E-state index contributed by atoms with van der Waals surface area (Å²) in [5.74, 6) is 0. The van der Waals surface area contributed by atoms with Gasteiger partial charge in [-0.25, -0.2) is 0 Å². The molecule has 0 saturated carbocycles. The highest BCUT2D eigenvalue weighted by atomic mass is 15.3. The second kappa shape index (κ2) is 2.33. The van der Waals surface area contributed by atoms with Crippen LogP contribution in [0.1, 0.15) is 17.2 Å². The van der Waals surface area contributed by atoms with Crippen LogP contribution in [0.25, 0.3) is 0 Å². The zero-order chi connectivity index (χ0) is 8.77. The van der Waals surface area contributed by atoms with Crippen molar-refractivity contribution >= 4 is 0 Å². The molecule has 1 aliphatic rings.